The number of rotatable bonds is 2. The normalized spacial score (nSPS) is 11.4. The molecule has 0 amide bonds. The molecule has 0 aliphatic rings. The molecule has 5 heteroatoms. The van der Waals surface area contributed by atoms with Crippen LogP contribution in [0.1, 0.15) is 18.2 Å². The number of hydrogen-bond acceptors (Lipinski definition) is 2. The Labute approximate surface area is 120 Å². The molecule has 0 spiro atoms. The van der Waals surface area contributed by atoms with Gasteiger partial charge in [0.05, 0.1) is 10.7 Å². The summed E-state index contributed by atoms with van der Waals surface area (Å²) in [5, 5.41) is 5.71. The molecule has 0 N–H and O–H groups in total. The van der Waals surface area contributed by atoms with Crippen molar-refractivity contribution in [1.29, 1.82) is 0 Å². The fourth-order valence-electron chi connectivity index (χ4n) is 2.27. The molecule has 0 bridgehead atoms. The second kappa shape index (κ2) is 4.58. The van der Waals surface area contributed by atoms with E-state index >= 15 is 0 Å². The van der Waals surface area contributed by atoms with Crippen LogP contribution in [-0.2, 0) is 6.42 Å². The van der Waals surface area contributed by atoms with Gasteiger partial charge in [0.2, 0.25) is 5.71 Å². The fourth-order valence-corrected chi connectivity index (χ4v) is 2.77. The Hall–Kier alpha value is -1.45. The Bertz CT molecular complexity index is 758. The molecule has 0 radical (unpaired) electrons. The zero-order chi connectivity index (χ0) is 13.6. The van der Waals surface area contributed by atoms with Crippen LogP contribution in [0.25, 0.3) is 17.0 Å². The third-order valence-electron chi connectivity index (χ3n) is 3.21. The van der Waals surface area contributed by atoms with E-state index in [2.05, 4.69) is 12.0 Å². The second-order valence-electron chi connectivity index (χ2n) is 4.38. The van der Waals surface area contributed by atoms with Crippen LogP contribution in [0.4, 0.5) is 0 Å². The minimum Gasteiger partial charge on any atom is -0.444 e. The Kier molecular flexibility index (Phi) is 3.03. The Morgan fingerprint density at radius 3 is 2.79 bits per heavy atom. The predicted molar refractivity (Wildman–Crippen MR) is 77.0 cm³/mol. The molecule has 0 fully saturated rings. The predicted octanol–water partition coefficient (Wildman–Crippen LogP) is 4.77. The Morgan fingerprint density at radius 1 is 1.32 bits per heavy atom. The second-order valence-corrected chi connectivity index (χ2v) is 5.22. The van der Waals surface area contributed by atoms with E-state index in [4.69, 9.17) is 27.6 Å². The quantitative estimate of drug-likeness (QED) is 0.681. The molecular weight excluding hydrogens is 283 g/mol. The highest BCUT2D eigenvalue weighted by Crippen LogP contribution is 2.32. The zero-order valence-electron chi connectivity index (χ0n) is 10.6. The van der Waals surface area contributed by atoms with Crippen LogP contribution in [0.2, 0.25) is 10.0 Å². The summed E-state index contributed by atoms with van der Waals surface area (Å²) in [7, 11) is 0. The van der Waals surface area contributed by atoms with Crippen molar-refractivity contribution in [3.8, 4) is 11.3 Å². The Morgan fingerprint density at radius 2 is 2.11 bits per heavy atom. The standard InChI is InChI=1S/C14H12Cl2N2O/c1-3-10-8(2)17-18-13(7-19-14(10)18)11-5-4-9(15)6-12(11)16/h4-7H,3H2,1-2H3. The van der Waals surface area contributed by atoms with Crippen molar-refractivity contribution < 1.29 is 4.42 Å². The molecule has 0 saturated heterocycles. The molecule has 0 saturated carbocycles. The van der Waals surface area contributed by atoms with Gasteiger partial charge in [0.25, 0.3) is 0 Å². The first-order valence-electron chi connectivity index (χ1n) is 6.03. The number of aryl methyl sites for hydroxylation is 2. The zero-order valence-corrected chi connectivity index (χ0v) is 12.1. The van der Waals surface area contributed by atoms with E-state index in [-0.39, 0.29) is 0 Å². The van der Waals surface area contributed by atoms with Gasteiger partial charge in [-0.05, 0) is 31.5 Å². The van der Waals surface area contributed by atoms with Crippen LogP contribution in [0, 0.1) is 6.92 Å². The van der Waals surface area contributed by atoms with Gasteiger partial charge in [0, 0.05) is 16.1 Å². The number of oxazole rings is 1. The van der Waals surface area contributed by atoms with E-state index < -0.39 is 0 Å². The molecule has 98 valence electrons. The Balaban J connectivity index is 2.26. The first-order chi connectivity index (χ1) is 9.11. The molecular formula is C14H12Cl2N2O. The number of fused-ring (bicyclic) bond motifs is 1. The monoisotopic (exact) mass is 294 g/mol. The molecule has 19 heavy (non-hydrogen) atoms. The number of halogens is 2. The molecule has 3 nitrogen and oxygen atoms in total. The maximum absolute atomic E-state index is 6.23. The first kappa shape index (κ1) is 12.6. The third kappa shape index (κ3) is 1.94. The van der Waals surface area contributed by atoms with Gasteiger partial charge < -0.3 is 4.42 Å². The highest BCUT2D eigenvalue weighted by atomic mass is 35.5. The van der Waals surface area contributed by atoms with E-state index in [1.807, 2.05) is 13.0 Å². The van der Waals surface area contributed by atoms with Gasteiger partial charge in [-0.3, -0.25) is 0 Å². The minimum atomic E-state index is 0.585. The van der Waals surface area contributed by atoms with Gasteiger partial charge >= 0.3 is 0 Å². The van der Waals surface area contributed by atoms with E-state index in [1.54, 1.807) is 22.9 Å². The smallest absolute Gasteiger partial charge is 0.225 e. The van der Waals surface area contributed by atoms with Crippen LogP contribution in [-0.4, -0.2) is 9.61 Å². The summed E-state index contributed by atoms with van der Waals surface area (Å²) in [5.41, 5.74) is 4.57. The average Bonchev–Trinajstić information content (AvgIpc) is 2.87. The molecule has 0 atom stereocenters. The number of hydrogen-bond donors (Lipinski definition) is 0. The van der Waals surface area contributed by atoms with Crippen molar-refractivity contribution in [3.05, 3.63) is 45.8 Å². The van der Waals surface area contributed by atoms with Gasteiger partial charge in [-0.1, -0.05) is 30.1 Å². The lowest BCUT2D eigenvalue weighted by molar-refractivity contribution is 0.602. The van der Waals surface area contributed by atoms with Crippen molar-refractivity contribution in [3.63, 3.8) is 0 Å². The lowest BCUT2D eigenvalue weighted by Gasteiger charge is -2.01. The van der Waals surface area contributed by atoms with Crippen molar-refractivity contribution in [2.24, 2.45) is 0 Å². The SMILES string of the molecule is CCc1c(C)nn2c(-c3ccc(Cl)cc3Cl)coc12. The minimum absolute atomic E-state index is 0.585. The highest BCUT2D eigenvalue weighted by Gasteiger charge is 2.17. The van der Waals surface area contributed by atoms with Gasteiger partial charge in [-0.15, -0.1) is 0 Å². The van der Waals surface area contributed by atoms with Crippen molar-refractivity contribution in [2.75, 3.05) is 0 Å². The summed E-state index contributed by atoms with van der Waals surface area (Å²) in [4.78, 5) is 0. The maximum atomic E-state index is 6.23. The molecule has 0 aliphatic heterocycles. The van der Waals surface area contributed by atoms with E-state index in [0.717, 1.165) is 34.6 Å². The van der Waals surface area contributed by atoms with Crippen LogP contribution in [0.15, 0.2) is 28.9 Å². The summed E-state index contributed by atoms with van der Waals surface area (Å²) in [6, 6.07) is 5.39. The van der Waals surface area contributed by atoms with Crippen molar-refractivity contribution in [2.45, 2.75) is 20.3 Å². The lowest BCUT2D eigenvalue weighted by Crippen LogP contribution is -1.89. The van der Waals surface area contributed by atoms with Crippen molar-refractivity contribution >= 4 is 28.9 Å². The fraction of sp³-hybridized carbons (Fsp3) is 0.214. The third-order valence-corrected chi connectivity index (χ3v) is 3.76. The first-order valence-corrected chi connectivity index (χ1v) is 6.78. The van der Waals surface area contributed by atoms with Gasteiger partial charge in [0.15, 0.2) is 0 Å². The lowest BCUT2D eigenvalue weighted by atomic mass is 10.2. The van der Waals surface area contributed by atoms with E-state index in [0.29, 0.717) is 10.0 Å². The van der Waals surface area contributed by atoms with Gasteiger partial charge in [0.1, 0.15) is 12.0 Å². The molecule has 0 aliphatic carbocycles. The molecule has 0 unspecified atom stereocenters. The van der Waals surface area contributed by atoms with Crippen molar-refractivity contribution in [1.82, 2.24) is 9.61 Å². The number of aromatic nitrogens is 2. The van der Waals surface area contributed by atoms with Crippen LogP contribution >= 0.6 is 23.2 Å². The van der Waals surface area contributed by atoms with Crippen LogP contribution < -0.4 is 0 Å². The molecule has 2 heterocycles. The van der Waals surface area contributed by atoms with Gasteiger partial charge in [-0.25, -0.2) is 0 Å². The highest BCUT2D eigenvalue weighted by molar-refractivity contribution is 6.36. The topological polar surface area (TPSA) is 30.4 Å². The molecule has 3 rings (SSSR count). The summed E-state index contributed by atoms with van der Waals surface area (Å²) in [5.74, 6) is 0. The maximum Gasteiger partial charge on any atom is 0.225 e. The number of benzene rings is 1. The van der Waals surface area contributed by atoms with Gasteiger partial charge in [-0.2, -0.15) is 9.61 Å². The number of nitrogens with zero attached hydrogens (tertiary/aromatic N) is 2. The summed E-state index contributed by atoms with van der Waals surface area (Å²) < 4.78 is 7.44. The summed E-state index contributed by atoms with van der Waals surface area (Å²) >= 11 is 12.2. The average molecular weight is 295 g/mol. The molecule has 3 aromatic rings. The van der Waals surface area contributed by atoms with E-state index in [9.17, 15) is 0 Å². The largest absolute Gasteiger partial charge is 0.444 e. The van der Waals surface area contributed by atoms with Crippen LogP contribution in [0.5, 0.6) is 0 Å². The van der Waals surface area contributed by atoms with E-state index in [1.165, 1.54) is 0 Å². The molecule has 2 aromatic heterocycles. The summed E-state index contributed by atoms with van der Waals surface area (Å²) in [6.45, 7) is 4.07. The van der Waals surface area contributed by atoms with Crippen LogP contribution in [0.3, 0.4) is 0 Å². The molecule has 1 aromatic carbocycles. The summed E-state index contributed by atoms with van der Waals surface area (Å²) in [6.07, 6.45) is 2.56.